The van der Waals surface area contributed by atoms with Gasteiger partial charge in [-0.05, 0) is 31.7 Å². The van der Waals surface area contributed by atoms with E-state index < -0.39 is 0 Å². The van der Waals surface area contributed by atoms with Gasteiger partial charge >= 0.3 is 0 Å². The van der Waals surface area contributed by atoms with Crippen molar-refractivity contribution in [2.45, 2.75) is 90.5 Å². The molecule has 1 fully saturated rings. The van der Waals surface area contributed by atoms with Gasteiger partial charge in [-0.15, -0.1) is 0 Å². The lowest BCUT2D eigenvalue weighted by atomic mass is 9.92. The lowest BCUT2D eigenvalue weighted by Gasteiger charge is -2.28. The molecule has 1 heteroatoms. The molecule has 1 aliphatic rings. The molecule has 17 heavy (non-hydrogen) atoms. The third-order valence-corrected chi connectivity index (χ3v) is 4.16. The van der Waals surface area contributed by atoms with E-state index in [0.717, 1.165) is 12.0 Å². The number of unbranched alkanes of at least 4 members (excludes halogenated alkanes) is 6. The second-order valence-electron chi connectivity index (χ2n) is 6.05. The second-order valence-corrected chi connectivity index (χ2v) is 6.05. The number of hydrogen-bond donors (Lipinski definition) is 1. The molecule has 0 bridgehead atoms. The van der Waals surface area contributed by atoms with E-state index in [1.54, 1.807) is 0 Å². The molecule has 0 heterocycles. The van der Waals surface area contributed by atoms with Crippen LogP contribution in [0, 0.1) is 5.92 Å². The van der Waals surface area contributed by atoms with Gasteiger partial charge in [0.1, 0.15) is 0 Å². The minimum absolute atomic E-state index is 0.867. The van der Waals surface area contributed by atoms with Crippen LogP contribution in [0.1, 0.15) is 84.5 Å². The molecule has 0 aromatic carbocycles. The van der Waals surface area contributed by atoms with Crippen LogP contribution >= 0.6 is 0 Å². The van der Waals surface area contributed by atoms with Gasteiger partial charge in [-0.1, -0.05) is 65.2 Å². The SMILES string of the molecule is CCCCCCCCCC(C)CNC1CCC1. The fourth-order valence-electron chi connectivity index (χ4n) is 2.53. The van der Waals surface area contributed by atoms with Crippen molar-refractivity contribution >= 4 is 0 Å². The third-order valence-electron chi connectivity index (χ3n) is 4.16. The summed E-state index contributed by atoms with van der Waals surface area (Å²) in [6.45, 7) is 5.94. The van der Waals surface area contributed by atoms with Crippen molar-refractivity contribution in [2.75, 3.05) is 6.54 Å². The minimum atomic E-state index is 0.867. The van der Waals surface area contributed by atoms with Crippen molar-refractivity contribution in [1.82, 2.24) is 5.32 Å². The molecule has 1 rings (SSSR count). The first-order valence-electron chi connectivity index (χ1n) is 8.06. The Kier molecular flexibility index (Phi) is 8.78. The normalized spacial score (nSPS) is 18.0. The summed E-state index contributed by atoms with van der Waals surface area (Å²) < 4.78 is 0. The summed E-state index contributed by atoms with van der Waals surface area (Å²) in [6, 6.07) is 0.867. The summed E-state index contributed by atoms with van der Waals surface area (Å²) in [6.07, 6.45) is 15.8. The summed E-state index contributed by atoms with van der Waals surface area (Å²) in [7, 11) is 0. The molecule has 1 aliphatic carbocycles. The van der Waals surface area contributed by atoms with E-state index in [1.807, 2.05) is 0 Å². The Balaban J connectivity index is 1.77. The highest BCUT2D eigenvalue weighted by Gasteiger charge is 2.16. The first-order chi connectivity index (χ1) is 8.33. The molecule has 0 aromatic rings. The average molecular weight is 239 g/mol. The molecule has 1 unspecified atom stereocenters. The van der Waals surface area contributed by atoms with Gasteiger partial charge in [0.25, 0.3) is 0 Å². The largest absolute Gasteiger partial charge is 0.314 e. The van der Waals surface area contributed by atoms with Gasteiger partial charge in [0, 0.05) is 6.04 Å². The fourth-order valence-corrected chi connectivity index (χ4v) is 2.53. The molecular formula is C16H33N. The molecule has 1 N–H and O–H groups in total. The zero-order valence-electron chi connectivity index (χ0n) is 12.1. The van der Waals surface area contributed by atoms with E-state index in [9.17, 15) is 0 Å². The number of nitrogens with one attached hydrogen (secondary N) is 1. The molecule has 0 spiro atoms. The van der Waals surface area contributed by atoms with Gasteiger partial charge in [-0.25, -0.2) is 0 Å². The molecule has 1 saturated carbocycles. The Hall–Kier alpha value is -0.0400. The highest BCUT2D eigenvalue weighted by molar-refractivity contribution is 4.76. The lowest BCUT2D eigenvalue weighted by Crippen LogP contribution is -2.37. The lowest BCUT2D eigenvalue weighted by molar-refractivity contribution is 0.314. The van der Waals surface area contributed by atoms with Crippen molar-refractivity contribution in [3.05, 3.63) is 0 Å². The van der Waals surface area contributed by atoms with Crippen LogP contribution in [0.4, 0.5) is 0 Å². The summed E-state index contributed by atoms with van der Waals surface area (Å²) in [5.41, 5.74) is 0. The van der Waals surface area contributed by atoms with Crippen molar-refractivity contribution in [3.8, 4) is 0 Å². The highest BCUT2D eigenvalue weighted by atomic mass is 14.9. The molecule has 0 amide bonds. The Labute approximate surface area is 109 Å². The van der Waals surface area contributed by atoms with Crippen molar-refractivity contribution in [2.24, 2.45) is 5.92 Å². The van der Waals surface area contributed by atoms with Crippen LogP contribution in [-0.2, 0) is 0 Å². The van der Waals surface area contributed by atoms with E-state index in [-0.39, 0.29) is 0 Å². The van der Waals surface area contributed by atoms with Gasteiger partial charge < -0.3 is 5.32 Å². The summed E-state index contributed by atoms with van der Waals surface area (Å²) in [4.78, 5) is 0. The maximum atomic E-state index is 3.69. The van der Waals surface area contributed by atoms with Gasteiger partial charge in [0.2, 0.25) is 0 Å². The maximum Gasteiger partial charge on any atom is 0.00671 e. The van der Waals surface area contributed by atoms with Crippen LogP contribution in [0.3, 0.4) is 0 Å². The van der Waals surface area contributed by atoms with Gasteiger partial charge in [0.15, 0.2) is 0 Å². The van der Waals surface area contributed by atoms with E-state index in [1.165, 1.54) is 77.2 Å². The van der Waals surface area contributed by atoms with Gasteiger partial charge in [-0.2, -0.15) is 0 Å². The molecular weight excluding hydrogens is 206 g/mol. The zero-order valence-corrected chi connectivity index (χ0v) is 12.1. The molecule has 0 aromatic heterocycles. The minimum Gasteiger partial charge on any atom is -0.314 e. The third kappa shape index (κ3) is 7.81. The smallest absolute Gasteiger partial charge is 0.00671 e. The highest BCUT2D eigenvalue weighted by Crippen LogP contribution is 2.19. The summed E-state index contributed by atoms with van der Waals surface area (Å²) >= 11 is 0. The van der Waals surface area contributed by atoms with Crippen LogP contribution in [0.2, 0.25) is 0 Å². The van der Waals surface area contributed by atoms with Crippen molar-refractivity contribution in [3.63, 3.8) is 0 Å². The predicted molar refractivity (Wildman–Crippen MR) is 77.4 cm³/mol. The van der Waals surface area contributed by atoms with E-state index >= 15 is 0 Å². The van der Waals surface area contributed by atoms with Crippen molar-refractivity contribution < 1.29 is 0 Å². The average Bonchev–Trinajstić information content (AvgIpc) is 2.26. The number of rotatable bonds is 11. The summed E-state index contributed by atoms with van der Waals surface area (Å²) in [5.74, 6) is 0.881. The standard InChI is InChI=1S/C16H33N/c1-3-4-5-6-7-8-9-11-15(2)14-17-16-12-10-13-16/h15-17H,3-14H2,1-2H3. The quantitative estimate of drug-likeness (QED) is 0.505. The van der Waals surface area contributed by atoms with E-state index in [2.05, 4.69) is 19.2 Å². The first-order valence-corrected chi connectivity index (χ1v) is 8.06. The zero-order chi connectivity index (χ0) is 12.3. The predicted octanol–water partition coefficient (Wildman–Crippen LogP) is 4.91. The second kappa shape index (κ2) is 9.94. The van der Waals surface area contributed by atoms with Gasteiger partial charge in [-0.3, -0.25) is 0 Å². The monoisotopic (exact) mass is 239 g/mol. The fraction of sp³-hybridized carbons (Fsp3) is 1.00. The maximum absolute atomic E-state index is 3.69. The number of hydrogen-bond acceptors (Lipinski definition) is 1. The molecule has 1 atom stereocenters. The molecule has 1 nitrogen and oxygen atoms in total. The van der Waals surface area contributed by atoms with Gasteiger partial charge in [0.05, 0.1) is 0 Å². The molecule has 0 aliphatic heterocycles. The van der Waals surface area contributed by atoms with Crippen LogP contribution < -0.4 is 5.32 Å². The summed E-state index contributed by atoms with van der Waals surface area (Å²) in [5, 5.41) is 3.69. The van der Waals surface area contributed by atoms with Crippen LogP contribution in [0.15, 0.2) is 0 Å². The molecule has 0 saturated heterocycles. The van der Waals surface area contributed by atoms with Crippen LogP contribution in [0.5, 0.6) is 0 Å². The Morgan fingerprint density at radius 3 is 2.24 bits per heavy atom. The van der Waals surface area contributed by atoms with Crippen LogP contribution in [0.25, 0.3) is 0 Å². The molecule has 0 radical (unpaired) electrons. The Morgan fingerprint density at radius 1 is 1.00 bits per heavy atom. The van der Waals surface area contributed by atoms with Crippen LogP contribution in [-0.4, -0.2) is 12.6 Å². The van der Waals surface area contributed by atoms with E-state index in [4.69, 9.17) is 0 Å². The Bertz CT molecular complexity index is 163. The topological polar surface area (TPSA) is 12.0 Å². The van der Waals surface area contributed by atoms with E-state index in [0.29, 0.717) is 0 Å². The Morgan fingerprint density at radius 2 is 1.65 bits per heavy atom. The van der Waals surface area contributed by atoms with Crippen molar-refractivity contribution in [1.29, 1.82) is 0 Å². The first kappa shape index (κ1) is 15.0. The molecule has 102 valence electrons.